The molecule has 1 heterocycles. The van der Waals surface area contributed by atoms with Crippen LogP contribution in [0.2, 0.25) is 0 Å². The quantitative estimate of drug-likeness (QED) is 0.825. The molecule has 1 N–H and O–H groups in total. The van der Waals surface area contributed by atoms with Crippen LogP contribution in [0.5, 0.6) is 0 Å². The standard InChI is InChI=1S/C21H24FNO2/c1-2-4-20(24)16-7-9-19(10-8-16)23-13-11-21(25,12-14-23)17-5-3-6-18(22)15-17/h3,5-10,15,25H,2,4,11-14H2,1H3. The van der Waals surface area contributed by atoms with Gasteiger partial charge in [-0.2, -0.15) is 0 Å². The highest BCUT2D eigenvalue weighted by Gasteiger charge is 2.34. The highest BCUT2D eigenvalue weighted by molar-refractivity contribution is 5.96. The van der Waals surface area contributed by atoms with E-state index in [1.165, 1.54) is 12.1 Å². The van der Waals surface area contributed by atoms with Gasteiger partial charge in [0.2, 0.25) is 0 Å². The molecule has 0 amide bonds. The Labute approximate surface area is 148 Å². The number of piperidine rings is 1. The SMILES string of the molecule is CCCC(=O)c1ccc(N2CCC(O)(c3cccc(F)c3)CC2)cc1. The summed E-state index contributed by atoms with van der Waals surface area (Å²) in [6.45, 7) is 3.38. The third-order valence-corrected chi connectivity index (χ3v) is 4.98. The number of rotatable bonds is 5. The van der Waals surface area contributed by atoms with E-state index in [0.29, 0.717) is 37.9 Å². The predicted octanol–water partition coefficient (Wildman–Crippen LogP) is 4.30. The van der Waals surface area contributed by atoms with Crippen molar-refractivity contribution in [1.29, 1.82) is 0 Å². The monoisotopic (exact) mass is 341 g/mol. The van der Waals surface area contributed by atoms with Crippen molar-refractivity contribution in [2.45, 2.75) is 38.2 Å². The van der Waals surface area contributed by atoms with E-state index in [2.05, 4.69) is 4.90 Å². The van der Waals surface area contributed by atoms with Gasteiger partial charge in [0.25, 0.3) is 0 Å². The number of benzene rings is 2. The molecule has 0 spiro atoms. The fraction of sp³-hybridized carbons (Fsp3) is 0.381. The van der Waals surface area contributed by atoms with Crippen molar-refractivity contribution in [1.82, 2.24) is 0 Å². The van der Waals surface area contributed by atoms with E-state index in [1.807, 2.05) is 31.2 Å². The van der Waals surface area contributed by atoms with Crippen molar-refractivity contribution in [3.05, 3.63) is 65.5 Å². The highest BCUT2D eigenvalue weighted by Crippen LogP contribution is 2.34. The van der Waals surface area contributed by atoms with Crippen LogP contribution in [0, 0.1) is 5.82 Å². The minimum Gasteiger partial charge on any atom is -0.385 e. The molecule has 0 radical (unpaired) electrons. The number of ketones is 1. The Kier molecular flexibility index (Phi) is 5.19. The molecular weight excluding hydrogens is 317 g/mol. The van der Waals surface area contributed by atoms with Gasteiger partial charge in [-0.3, -0.25) is 4.79 Å². The first kappa shape index (κ1) is 17.6. The van der Waals surface area contributed by atoms with Gasteiger partial charge in [0.05, 0.1) is 5.60 Å². The molecule has 1 aliphatic rings. The van der Waals surface area contributed by atoms with Gasteiger partial charge < -0.3 is 10.0 Å². The zero-order valence-electron chi connectivity index (χ0n) is 14.5. The Balaban J connectivity index is 1.67. The average molecular weight is 341 g/mol. The Morgan fingerprint density at radius 2 is 1.84 bits per heavy atom. The summed E-state index contributed by atoms with van der Waals surface area (Å²) in [5.41, 5.74) is 1.47. The lowest BCUT2D eigenvalue weighted by Gasteiger charge is -2.39. The number of carbonyl (C=O) groups is 1. The second kappa shape index (κ2) is 7.36. The number of halogens is 1. The van der Waals surface area contributed by atoms with Crippen molar-refractivity contribution in [2.75, 3.05) is 18.0 Å². The zero-order valence-corrected chi connectivity index (χ0v) is 14.5. The molecule has 2 aromatic carbocycles. The molecule has 3 nitrogen and oxygen atoms in total. The zero-order chi connectivity index (χ0) is 17.9. The van der Waals surface area contributed by atoms with E-state index >= 15 is 0 Å². The fourth-order valence-electron chi connectivity index (χ4n) is 3.43. The van der Waals surface area contributed by atoms with E-state index in [1.54, 1.807) is 12.1 Å². The maximum Gasteiger partial charge on any atom is 0.162 e. The molecule has 1 fully saturated rings. The van der Waals surface area contributed by atoms with Crippen molar-refractivity contribution >= 4 is 11.5 Å². The van der Waals surface area contributed by atoms with Gasteiger partial charge in [-0.15, -0.1) is 0 Å². The number of aliphatic hydroxyl groups is 1. The third kappa shape index (κ3) is 3.90. The smallest absolute Gasteiger partial charge is 0.162 e. The maximum atomic E-state index is 13.4. The second-order valence-electron chi connectivity index (χ2n) is 6.75. The van der Waals surface area contributed by atoms with Gasteiger partial charge in [-0.25, -0.2) is 4.39 Å². The Morgan fingerprint density at radius 1 is 1.16 bits per heavy atom. The topological polar surface area (TPSA) is 40.5 Å². The summed E-state index contributed by atoms with van der Waals surface area (Å²) in [5.74, 6) is -0.145. The van der Waals surface area contributed by atoms with Crippen LogP contribution in [0.1, 0.15) is 48.5 Å². The molecule has 3 rings (SSSR count). The summed E-state index contributed by atoms with van der Waals surface area (Å²) in [5, 5.41) is 10.9. The lowest BCUT2D eigenvalue weighted by Crippen LogP contribution is -2.42. The number of nitrogens with zero attached hydrogens (tertiary/aromatic N) is 1. The van der Waals surface area contributed by atoms with E-state index in [-0.39, 0.29) is 11.6 Å². The molecule has 4 heteroatoms. The van der Waals surface area contributed by atoms with Crippen LogP contribution in [0.3, 0.4) is 0 Å². The fourth-order valence-corrected chi connectivity index (χ4v) is 3.43. The second-order valence-corrected chi connectivity index (χ2v) is 6.75. The van der Waals surface area contributed by atoms with E-state index in [0.717, 1.165) is 17.7 Å². The van der Waals surface area contributed by atoms with Crippen LogP contribution in [0.25, 0.3) is 0 Å². The maximum absolute atomic E-state index is 13.4. The molecular formula is C21H24FNO2. The van der Waals surface area contributed by atoms with E-state index in [4.69, 9.17) is 0 Å². The molecule has 25 heavy (non-hydrogen) atoms. The summed E-state index contributed by atoms with van der Waals surface area (Å²) in [6.07, 6.45) is 2.52. The van der Waals surface area contributed by atoms with Gasteiger partial charge >= 0.3 is 0 Å². The third-order valence-electron chi connectivity index (χ3n) is 4.98. The normalized spacial score (nSPS) is 16.7. The van der Waals surface area contributed by atoms with Gasteiger partial charge in [0.15, 0.2) is 5.78 Å². The molecule has 2 aromatic rings. The van der Waals surface area contributed by atoms with Gasteiger partial charge in [-0.05, 0) is 61.2 Å². The molecule has 0 unspecified atom stereocenters. The van der Waals surface area contributed by atoms with Crippen LogP contribution in [0.15, 0.2) is 48.5 Å². The number of Topliss-reactive ketones (excluding diaryl/α,β-unsaturated/α-hetero) is 1. The summed E-state index contributed by atoms with van der Waals surface area (Å²) in [7, 11) is 0. The predicted molar refractivity (Wildman–Crippen MR) is 97.4 cm³/mol. The largest absolute Gasteiger partial charge is 0.385 e. The number of anilines is 1. The Hall–Kier alpha value is -2.20. The molecule has 0 atom stereocenters. The number of carbonyl (C=O) groups excluding carboxylic acids is 1. The number of hydrogen-bond acceptors (Lipinski definition) is 3. The Morgan fingerprint density at radius 3 is 2.44 bits per heavy atom. The van der Waals surface area contributed by atoms with Gasteiger partial charge in [-0.1, -0.05) is 19.1 Å². The van der Waals surface area contributed by atoms with Crippen LogP contribution in [0.4, 0.5) is 10.1 Å². The molecule has 132 valence electrons. The van der Waals surface area contributed by atoms with Crippen LogP contribution in [-0.4, -0.2) is 24.0 Å². The first-order valence-corrected chi connectivity index (χ1v) is 8.88. The van der Waals surface area contributed by atoms with Gasteiger partial charge in [0, 0.05) is 30.8 Å². The molecule has 0 bridgehead atoms. The summed E-state index contributed by atoms with van der Waals surface area (Å²) >= 11 is 0. The van der Waals surface area contributed by atoms with Crippen LogP contribution in [-0.2, 0) is 5.60 Å². The lowest BCUT2D eigenvalue weighted by atomic mass is 9.84. The first-order valence-electron chi connectivity index (χ1n) is 8.88. The van der Waals surface area contributed by atoms with Crippen LogP contribution < -0.4 is 4.90 Å². The minimum absolute atomic E-state index is 0.174. The van der Waals surface area contributed by atoms with Crippen molar-refractivity contribution < 1.29 is 14.3 Å². The lowest BCUT2D eigenvalue weighted by molar-refractivity contribution is 0.0115. The van der Waals surface area contributed by atoms with Crippen molar-refractivity contribution in [3.8, 4) is 0 Å². The molecule has 1 saturated heterocycles. The highest BCUT2D eigenvalue weighted by atomic mass is 19.1. The molecule has 0 aliphatic carbocycles. The average Bonchev–Trinajstić information content (AvgIpc) is 2.63. The van der Waals surface area contributed by atoms with Crippen molar-refractivity contribution in [2.24, 2.45) is 0 Å². The summed E-state index contributed by atoms with van der Waals surface area (Å²) in [6, 6.07) is 13.9. The summed E-state index contributed by atoms with van der Waals surface area (Å²) in [4.78, 5) is 14.1. The number of hydrogen-bond donors (Lipinski definition) is 1. The molecule has 1 aliphatic heterocycles. The molecule has 0 saturated carbocycles. The van der Waals surface area contributed by atoms with Crippen molar-refractivity contribution in [3.63, 3.8) is 0 Å². The molecule has 0 aromatic heterocycles. The first-order chi connectivity index (χ1) is 12.0. The van der Waals surface area contributed by atoms with Crippen LogP contribution >= 0.6 is 0 Å². The van der Waals surface area contributed by atoms with E-state index in [9.17, 15) is 14.3 Å². The summed E-state index contributed by atoms with van der Waals surface area (Å²) < 4.78 is 13.4. The Bertz CT molecular complexity index is 734. The minimum atomic E-state index is -0.977. The van der Waals surface area contributed by atoms with E-state index < -0.39 is 5.60 Å². The van der Waals surface area contributed by atoms with Gasteiger partial charge in [0.1, 0.15) is 5.82 Å².